The summed E-state index contributed by atoms with van der Waals surface area (Å²) in [5.74, 6) is 0.333. The fourth-order valence-electron chi connectivity index (χ4n) is 0.210. The lowest BCUT2D eigenvalue weighted by Crippen LogP contribution is -2.11. The predicted molar refractivity (Wildman–Crippen MR) is 36.2 cm³/mol. The highest BCUT2D eigenvalue weighted by molar-refractivity contribution is 5.96. The van der Waals surface area contributed by atoms with Crippen molar-refractivity contribution in [2.45, 2.75) is 0 Å². The Bertz CT molecular complexity index is 135. The average Bonchev–Trinajstić information content (AvgIpc) is 1.84. The van der Waals surface area contributed by atoms with Gasteiger partial charge in [-0.2, -0.15) is 0 Å². The molecule has 0 unspecified atom stereocenters. The van der Waals surface area contributed by atoms with Crippen molar-refractivity contribution in [3.05, 3.63) is 12.3 Å². The van der Waals surface area contributed by atoms with Crippen LogP contribution in [0.1, 0.15) is 0 Å². The van der Waals surface area contributed by atoms with E-state index >= 15 is 0 Å². The van der Waals surface area contributed by atoms with E-state index in [0.29, 0.717) is 11.5 Å². The van der Waals surface area contributed by atoms with E-state index in [9.17, 15) is 0 Å². The minimum absolute atomic E-state index is 0.333. The van der Waals surface area contributed by atoms with Gasteiger partial charge >= 0.3 is 0 Å². The maximum atomic E-state index is 5.24. The summed E-state index contributed by atoms with van der Waals surface area (Å²) in [7, 11) is 1.58. The van der Waals surface area contributed by atoms with Gasteiger partial charge in [-0.05, 0) is 6.72 Å². The molecule has 0 amide bonds. The van der Waals surface area contributed by atoms with E-state index in [2.05, 4.69) is 23.3 Å². The van der Waals surface area contributed by atoms with Crippen molar-refractivity contribution in [1.82, 2.24) is 0 Å². The molecule has 0 aliphatic rings. The lowest BCUT2D eigenvalue weighted by Gasteiger charge is -1.92. The number of hydrogen-bond acceptors (Lipinski definition) is 2. The molecule has 3 heteroatoms. The Balaban J connectivity index is 4.03. The lowest BCUT2D eigenvalue weighted by molar-refractivity contribution is 1.35. The van der Waals surface area contributed by atoms with Gasteiger partial charge < -0.3 is 5.73 Å². The van der Waals surface area contributed by atoms with E-state index in [1.807, 2.05) is 0 Å². The summed E-state index contributed by atoms with van der Waals surface area (Å²) in [6.45, 7) is 6.68. The maximum Gasteiger partial charge on any atom is 0.143 e. The topological polar surface area (TPSA) is 50.7 Å². The molecule has 2 N–H and O–H groups in total. The quantitative estimate of drug-likeness (QED) is 0.401. The third-order valence-corrected chi connectivity index (χ3v) is 0.727. The molecule has 0 aromatic rings. The Morgan fingerprint density at radius 2 is 2.12 bits per heavy atom. The normalized spacial score (nSPS) is 10.9. The van der Waals surface area contributed by atoms with Gasteiger partial charge in [0.1, 0.15) is 5.84 Å². The molecule has 0 fully saturated rings. The first-order valence-corrected chi connectivity index (χ1v) is 2.10. The van der Waals surface area contributed by atoms with Crippen molar-refractivity contribution in [3.8, 4) is 0 Å². The number of amidine groups is 1. The van der Waals surface area contributed by atoms with Crippen LogP contribution in [0.15, 0.2) is 22.3 Å². The standard InChI is InChI=1S/C5H9N3/c1-4(7-2)5(6)8-3/h1-2H2,3H3,(H2,6,8). The molecule has 0 spiro atoms. The van der Waals surface area contributed by atoms with Crippen LogP contribution in [0.2, 0.25) is 0 Å². The van der Waals surface area contributed by atoms with Gasteiger partial charge in [-0.15, -0.1) is 0 Å². The van der Waals surface area contributed by atoms with Gasteiger partial charge in [0.2, 0.25) is 0 Å². The fourth-order valence-corrected chi connectivity index (χ4v) is 0.210. The number of aliphatic imine (C=N–C) groups is 2. The molecule has 8 heavy (non-hydrogen) atoms. The number of nitrogens with two attached hydrogens (primary N) is 1. The summed E-state index contributed by atoms with van der Waals surface area (Å²) in [6, 6.07) is 0. The number of nitrogens with zero attached hydrogens (tertiary/aromatic N) is 2. The van der Waals surface area contributed by atoms with Gasteiger partial charge in [0.15, 0.2) is 0 Å². The molecule has 0 aliphatic carbocycles. The summed E-state index contributed by atoms with van der Waals surface area (Å²) < 4.78 is 0. The van der Waals surface area contributed by atoms with Crippen molar-refractivity contribution in [1.29, 1.82) is 0 Å². The summed E-state index contributed by atoms with van der Waals surface area (Å²) >= 11 is 0. The molecular formula is C5H9N3. The zero-order valence-corrected chi connectivity index (χ0v) is 4.89. The molecule has 0 atom stereocenters. The summed E-state index contributed by atoms with van der Waals surface area (Å²) in [6.07, 6.45) is 0. The van der Waals surface area contributed by atoms with Gasteiger partial charge in [-0.1, -0.05) is 6.58 Å². The van der Waals surface area contributed by atoms with Crippen molar-refractivity contribution >= 4 is 12.6 Å². The number of rotatable bonds is 2. The largest absolute Gasteiger partial charge is 0.382 e. The minimum atomic E-state index is 0.333. The van der Waals surface area contributed by atoms with Crippen LogP contribution in [-0.4, -0.2) is 19.6 Å². The fraction of sp³-hybridized carbons (Fsp3) is 0.200. The van der Waals surface area contributed by atoms with Crippen LogP contribution in [0.5, 0.6) is 0 Å². The first-order chi connectivity index (χ1) is 3.72. The molecule has 0 saturated carbocycles. The SMILES string of the molecule is C=NC(=C)C(N)=NC. The van der Waals surface area contributed by atoms with Crippen LogP contribution in [-0.2, 0) is 0 Å². The zero-order valence-electron chi connectivity index (χ0n) is 4.89. The maximum absolute atomic E-state index is 5.24. The second kappa shape index (κ2) is 2.96. The zero-order chi connectivity index (χ0) is 6.57. The van der Waals surface area contributed by atoms with Crippen LogP contribution in [0, 0.1) is 0 Å². The Morgan fingerprint density at radius 1 is 1.62 bits per heavy atom. The van der Waals surface area contributed by atoms with E-state index in [-0.39, 0.29) is 0 Å². The summed E-state index contributed by atoms with van der Waals surface area (Å²) in [5, 5.41) is 0. The van der Waals surface area contributed by atoms with Gasteiger partial charge in [-0.3, -0.25) is 9.98 Å². The van der Waals surface area contributed by atoms with E-state index in [1.165, 1.54) is 0 Å². The predicted octanol–water partition coefficient (Wildman–Crippen LogP) is 0.188. The molecule has 3 nitrogen and oxygen atoms in total. The molecule has 0 rings (SSSR count). The highest BCUT2D eigenvalue weighted by atomic mass is 14.9. The molecular weight excluding hydrogens is 102 g/mol. The van der Waals surface area contributed by atoms with Gasteiger partial charge in [0.05, 0.1) is 5.70 Å². The second-order valence-electron chi connectivity index (χ2n) is 1.21. The first-order valence-electron chi connectivity index (χ1n) is 2.10. The molecule has 0 heterocycles. The third kappa shape index (κ3) is 1.55. The highest BCUT2D eigenvalue weighted by Crippen LogP contribution is 1.87. The van der Waals surface area contributed by atoms with Crippen LogP contribution >= 0.6 is 0 Å². The minimum Gasteiger partial charge on any atom is -0.382 e. The smallest absolute Gasteiger partial charge is 0.143 e. The molecule has 0 saturated heterocycles. The van der Waals surface area contributed by atoms with Crippen LogP contribution in [0.25, 0.3) is 0 Å². The van der Waals surface area contributed by atoms with E-state index in [1.54, 1.807) is 7.05 Å². The van der Waals surface area contributed by atoms with Crippen molar-refractivity contribution < 1.29 is 0 Å². The Morgan fingerprint density at radius 3 is 2.25 bits per heavy atom. The third-order valence-electron chi connectivity index (χ3n) is 0.727. The number of hydrogen-bond donors (Lipinski definition) is 1. The van der Waals surface area contributed by atoms with E-state index < -0.39 is 0 Å². The van der Waals surface area contributed by atoms with Gasteiger partial charge in [-0.25, -0.2) is 0 Å². The Labute approximate surface area is 48.6 Å². The first kappa shape index (κ1) is 6.88. The van der Waals surface area contributed by atoms with E-state index in [0.717, 1.165) is 0 Å². The van der Waals surface area contributed by atoms with Crippen molar-refractivity contribution in [3.63, 3.8) is 0 Å². The monoisotopic (exact) mass is 111 g/mol. The Hall–Kier alpha value is -1.12. The highest BCUT2D eigenvalue weighted by Gasteiger charge is 1.89. The molecule has 0 bridgehead atoms. The molecule has 0 radical (unpaired) electrons. The van der Waals surface area contributed by atoms with Crippen LogP contribution in [0.4, 0.5) is 0 Å². The van der Waals surface area contributed by atoms with Crippen molar-refractivity contribution in [2.24, 2.45) is 15.7 Å². The van der Waals surface area contributed by atoms with Crippen LogP contribution in [0.3, 0.4) is 0 Å². The summed E-state index contributed by atoms with van der Waals surface area (Å²) in [5.41, 5.74) is 5.67. The average molecular weight is 111 g/mol. The Kier molecular flexibility index (Phi) is 2.54. The summed E-state index contributed by atoms with van der Waals surface area (Å²) in [4.78, 5) is 7.08. The lowest BCUT2D eigenvalue weighted by atomic mass is 10.5. The molecule has 0 aromatic carbocycles. The molecule has 0 aromatic heterocycles. The van der Waals surface area contributed by atoms with Gasteiger partial charge in [0.25, 0.3) is 0 Å². The molecule has 44 valence electrons. The molecule has 0 aliphatic heterocycles. The van der Waals surface area contributed by atoms with Gasteiger partial charge in [0, 0.05) is 7.05 Å². The van der Waals surface area contributed by atoms with E-state index in [4.69, 9.17) is 5.73 Å². The second-order valence-corrected chi connectivity index (χ2v) is 1.21. The van der Waals surface area contributed by atoms with Crippen molar-refractivity contribution in [2.75, 3.05) is 7.05 Å². The van der Waals surface area contributed by atoms with Crippen LogP contribution < -0.4 is 5.73 Å².